The normalized spacial score (nSPS) is 10.2. The Labute approximate surface area is 128 Å². The van der Waals surface area contributed by atoms with Gasteiger partial charge in [-0.1, -0.05) is 44.0 Å². The van der Waals surface area contributed by atoms with Crippen molar-refractivity contribution in [1.82, 2.24) is 0 Å². The number of rotatable bonds is 3. The van der Waals surface area contributed by atoms with Crippen LogP contribution in [0.15, 0.2) is 51.4 Å². The van der Waals surface area contributed by atoms with Gasteiger partial charge in [-0.15, -0.1) is 0 Å². The van der Waals surface area contributed by atoms with Crippen LogP contribution in [0.2, 0.25) is 0 Å². The number of nitrogen functional groups attached to an aromatic ring is 1. The highest BCUT2D eigenvalue weighted by Gasteiger charge is 2.11. The minimum Gasteiger partial charge on any atom is -0.457 e. The van der Waals surface area contributed by atoms with Crippen LogP contribution >= 0.6 is 31.9 Å². The van der Waals surface area contributed by atoms with Gasteiger partial charge in [-0.25, -0.2) is 4.79 Å². The Morgan fingerprint density at radius 3 is 2.37 bits per heavy atom. The highest BCUT2D eigenvalue weighted by molar-refractivity contribution is 9.10. The van der Waals surface area contributed by atoms with E-state index in [4.69, 9.17) is 10.5 Å². The molecule has 0 spiro atoms. The van der Waals surface area contributed by atoms with Gasteiger partial charge in [0, 0.05) is 14.6 Å². The number of benzene rings is 2. The van der Waals surface area contributed by atoms with E-state index >= 15 is 0 Å². The van der Waals surface area contributed by atoms with Crippen LogP contribution in [0.4, 0.5) is 5.69 Å². The number of esters is 1. The lowest BCUT2D eigenvalue weighted by atomic mass is 10.2. The van der Waals surface area contributed by atoms with Gasteiger partial charge in [-0.05, 0) is 35.9 Å². The number of hydrogen-bond donors (Lipinski definition) is 1. The molecule has 0 bridgehead atoms. The lowest BCUT2D eigenvalue weighted by Crippen LogP contribution is -2.08. The third-order valence-corrected chi connectivity index (χ3v) is 3.54. The quantitative estimate of drug-likeness (QED) is 0.638. The second-order valence-electron chi connectivity index (χ2n) is 3.93. The molecule has 0 aliphatic carbocycles. The molecule has 3 nitrogen and oxygen atoms in total. The molecule has 2 N–H and O–H groups in total. The zero-order chi connectivity index (χ0) is 13.8. The molecule has 19 heavy (non-hydrogen) atoms. The summed E-state index contributed by atoms with van der Waals surface area (Å²) in [7, 11) is 0. The lowest BCUT2D eigenvalue weighted by Gasteiger charge is -2.07. The molecule has 2 aromatic carbocycles. The molecule has 0 aliphatic rings. The second-order valence-corrected chi connectivity index (χ2v) is 5.77. The topological polar surface area (TPSA) is 52.3 Å². The summed E-state index contributed by atoms with van der Waals surface area (Å²) in [6.07, 6.45) is 0. The third-order valence-electron chi connectivity index (χ3n) is 2.52. The summed E-state index contributed by atoms with van der Waals surface area (Å²) < 4.78 is 7.01. The molecule has 0 radical (unpaired) electrons. The monoisotopic (exact) mass is 383 g/mol. The molecule has 2 aromatic rings. The van der Waals surface area contributed by atoms with E-state index in [1.807, 2.05) is 24.3 Å². The Balaban J connectivity index is 2.05. The van der Waals surface area contributed by atoms with E-state index in [9.17, 15) is 4.79 Å². The average Bonchev–Trinajstić information content (AvgIpc) is 2.40. The SMILES string of the molecule is Nc1ccc(Br)cc1C(=O)OCc1ccc(Br)cc1. The van der Waals surface area contributed by atoms with Gasteiger partial charge < -0.3 is 10.5 Å². The molecule has 5 heteroatoms. The summed E-state index contributed by atoms with van der Waals surface area (Å²) in [5.74, 6) is -0.429. The number of nitrogens with two attached hydrogens (primary N) is 1. The van der Waals surface area contributed by atoms with Crippen LogP contribution in [-0.4, -0.2) is 5.97 Å². The first-order valence-electron chi connectivity index (χ1n) is 5.53. The second kappa shape index (κ2) is 6.21. The number of carbonyl (C=O) groups is 1. The van der Waals surface area contributed by atoms with Gasteiger partial charge in [0.15, 0.2) is 0 Å². The highest BCUT2D eigenvalue weighted by atomic mass is 79.9. The van der Waals surface area contributed by atoms with Crippen LogP contribution in [0, 0.1) is 0 Å². The van der Waals surface area contributed by atoms with E-state index < -0.39 is 5.97 Å². The summed E-state index contributed by atoms with van der Waals surface area (Å²) >= 11 is 6.65. The van der Waals surface area contributed by atoms with E-state index in [0.29, 0.717) is 11.3 Å². The first-order valence-corrected chi connectivity index (χ1v) is 7.11. The van der Waals surface area contributed by atoms with E-state index in [2.05, 4.69) is 31.9 Å². The van der Waals surface area contributed by atoms with Gasteiger partial charge in [0.05, 0.1) is 5.56 Å². The summed E-state index contributed by atoms with van der Waals surface area (Å²) in [6, 6.07) is 12.7. The van der Waals surface area contributed by atoms with Crippen LogP contribution < -0.4 is 5.73 Å². The standard InChI is InChI=1S/C14H11Br2NO2/c15-10-3-1-9(2-4-10)8-19-14(18)12-7-11(16)5-6-13(12)17/h1-7H,8,17H2. The predicted octanol–water partition coefficient (Wildman–Crippen LogP) is 4.15. The van der Waals surface area contributed by atoms with Crippen molar-refractivity contribution in [1.29, 1.82) is 0 Å². The van der Waals surface area contributed by atoms with Gasteiger partial charge in [-0.3, -0.25) is 0 Å². The number of anilines is 1. The molecule has 0 heterocycles. The number of hydrogen-bond acceptors (Lipinski definition) is 3. The van der Waals surface area contributed by atoms with Gasteiger partial charge in [0.2, 0.25) is 0 Å². The maximum absolute atomic E-state index is 11.9. The molecule has 0 amide bonds. The minimum atomic E-state index is -0.429. The lowest BCUT2D eigenvalue weighted by molar-refractivity contribution is 0.0474. The van der Waals surface area contributed by atoms with Crippen molar-refractivity contribution in [2.24, 2.45) is 0 Å². The molecule has 0 aliphatic heterocycles. The first-order chi connectivity index (χ1) is 9.06. The zero-order valence-corrected chi connectivity index (χ0v) is 13.1. The fourth-order valence-corrected chi connectivity index (χ4v) is 2.14. The Morgan fingerprint density at radius 1 is 1.05 bits per heavy atom. The molecule has 2 rings (SSSR count). The molecule has 0 saturated heterocycles. The van der Waals surface area contributed by atoms with E-state index in [0.717, 1.165) is 14.5 Å². The van der Waals surface area contributed by atoms with Crippen LogP contribution in [0.25, 0.3) is 0 Å². The van der Waals surface area contributed by atoms with Gasteiger partial charge >= 0.3 is 5.97 Å². The van der Waals surface area contributed by atoms with Gasteiger partial charge in [0.25, 0.3) is 0 Å². The maximum Gasteiger partial charge on any atom is 0.340 e. The van der Waals surface area contributed by atoms with E-state index in [-0.39, 0.29) is 6.61 Å². The molecule has 0 fully saturated rings. The largest absolute Gasteiger partial charge is 0.457 e. The zero-order valence-electron chi connectivity index (χ0n) is 9.90. The molecule has 98 valence electrons. The predicted molar refractivity (Wildman–Crippen MR) is 81.8 cm³/mol. The van der Waals surface area contributed by atoms with Crippen molar-refractivity contribution < 1.29 is 9.53 Å². The van der Waals surface area contributed by atoms with Crippen molar-refractivity contribution in [3.8, 4) is 0 Å². The summed E-state index contributed by atoms with van der Waals surface area (Å²) in [5, 5.41) is 0. The third kappa shape index (κ3) is 3.81. The molecule has 0 saturated carbocycles. The molecule has 0 unspecified atom stereocenters. The fourth-order valence-electron chi connectivity index (χ4n) is 1.51. The van der Waals surface area contributed by atoms with E-state index in [1.165, 1.54) is 0 Å². The maximum atomic E-state index is 11.9. The van der Waals surface area contributed by atoms with Crippen LogP contribution in [-0.2, 0) is 11.3 Å². The highest BCUT2D eigenvalue weighted by Crippen LogP contribution is 2.20. The Hall–Kier alpha value is -1.33. The smallest absolute Gasteiger partial charge is 0.340 e. The Bertz CT molecular complexity index is 597. The van der Waals surface area contributed by atoms with Crippen molar-refractivity contribution in [2.45, 2.75) is 6.61 Å². The number of halogens is 2. The number of carbonyl (C=O) groups excluding carboxylic acids is 1. The van der Waals surface area contributed by atoms with E-state index in [1.54, 1.807) is 18.2 Å². The fraction of sp³-hybridized carbons (Fsp3) is 0.0714. The summed E-state index contributed by atoms with van der Waals surface area (Å²) in [4.78, 5) is 11.9. The minimum absolute atomic E-state index is 0.220. The van der Waals surface area contributed by atoms with Crippen molar-refractivity contribution in [2.75, 3.05) is 5.73 Å². The molecular formula is C14H11Br2NO2. The van der Waals surface area contributed by atoms with Gasteiger partial charge in [0.1, 0.15) is 6.61 Å². The number of ether oxygens (including phenoxy) is 1. The van der Waals surface area contributed by atoms with Crippen molar-refractivity contribution >= 4 is 43.5 Å². The summed E-state index contributed by atoms with van der Waals surface area (Å²) in [5.41, 5.74) is 7.45. The van der Waals surface area contributed by atoms with Crippen molar-refractivity contribution in [3.05, 3.63) is 62.5 Å². The molecule has 0 aromatic heterocycles. The Morgan fingerprint density at radius 2 is 1.68 bits per heavy atom. The van der Waals surface area contributed by atoms with Crippen LogP contribution in [0.1, 0.15) is 15.9 Å². The molecular weight excluding hydrogens is 374 g/mol. The first kappa shape index (κ1) is 14.1. The van der Waals surface area contributed by atoms with Crippen LogP contribution in [0.5, 0.6) is 0 Å². The van der Waals surface area contributed by atoms with Crippen LogP contribution in [0.3, 0.4) is 0 Å². The summed E-state index contributed by atoms with van der Waals surface area (Å²) in [6.45, 7) is 0.220. The Kier molecular flexibility index (Phi) is 4.61. The average molecular weight is 385 g/mol. The van der Waals surface area contributed by atoms with Crippen molar-refractivity contribution in [3.63, 3.8) is 0 Å². The van der Waals surface area contributed by atoms with Gasteiger partial charge in [-0.2, -0.15) is 0 Å². The molecule has 0 atom stereocenters.